The molecule has 0 bridgehead atoms. The van der Waals surface area contributed by atoms with Crippen molar-refractivity contribution in [1.29, 1.82) is 0 Å². The summed E-state index contributed by atoms with van der Waals surface area (Å²) in [4.78, 5) is 8.96. The second-order valence-electron chi connectivity index (χ2n) is 5.92. The number of aromatic nitrogens is 2. The molecule has 0 spiro atoms. The van der Waals surface area contributed by atoms with Crippen LogP contribution in [0.5, 0.6) is 5.75 Å². The van der Waals surface area contributed by atoms with E-state index in [1.54, 1.807) is 0 Å². The molecular formula is C21H24N4O. The number of nitrogens with zero attached hydrogens (tertiary/aromatic N) is 2. The molecule has 0 amide bonds. The average molecular weight is 348 g/mol. The minimum atomic E-state index is 0.613. The molecule has 1 heterocycles. The number of hydrogen-bond acceptors (Lipinski definition) is 5. The summed E-state index contributed by atoms with van der Waals surface area (Å²) in [6, 6.07) is 18.1. The van der Waals surface area contributed by atoms with Crippen LogP contribution in [0.15, 0.2) is 54.6 Å². The third-order valence-corrected chi connectivity index (χ3v) is 3.92. The van der Waals surface area contributed by atoms with Crippen LogP contribution in [0.25, 0.3) is 0 Å². The Morgan fingerprint density at radius 1 is 0.885 bits per heavy atom. The zero-order valence-corrected chi connectivity index (χ0v) is 15.4. The molecule has 3 aromatic rings. The Hall–Kier alpha value is -3.08. The van der Waals surface area contributed by atoms with E-state index >= 15 is 0 Å². The van der Waals surface area contributed by atoms with Gasteiger partial charge in [-0.1, -0.05) is 31.2 Å². The van der Waals surface area contributed by atoms with Gasteiger partial charge in [-0.15, -0.1) is 0 Å². The van der Waals surface area contributed by atoms with Crippen molar-refractivity contribution in [3.63, 3.8) is 0 Å². The predicted octanol–water partition coefficient (Wildman–Crippen LogP) is 5.23. The molecule has 0 aliphatic carbocycles. The molecule has 134 valence electrons. The van der Waals surface area contributed by atoms with Gasteiger partial charge in [-0.25, -0.2) is 9.97 Å². The lowest BCUT2D eigenvalue weighted by atomic mass is 10.1. The lowest BCUT2D eigenvalue weighted by Gasteiger charge is -2.13. The van der Waals surface area contributed by atoms with Crippen molar-refractivity contribution in [2.75, 3.05) is 17.2 Å². The zero-order valence-electron chi connectivity index (χ0n) is 15.4. The summed E-state index contributed by atoms with van der Waals surface area (Å²) in [7, 11) is 0. The molecule has 0 unspecified atom stereocenters. The third kappa shape index (κ3) is 4.51. The second-order valence-corrected chi connectivity index (χ2v) is 5.92. The monoisotopic (exact) mass is 348 g/mol. The number of aryl methyl sites for hydroxylation is 2. The highest BCUT2D eigenvalue weighted by Crippen LogP contribution is 2.28. The van der Waals surface area contributed by atoms with E-state index in [1.165, 1.54) is 5.56 Å². The Bertz CT molecular complexity index is 862. The van der Waals surface area contributed by atoms with Crippen molar-refractivity contribution in [2.45, 2.75) is 27.2 Å². The zero-order chi connectivity index (χ0) is 18.4. The summed E-state index contributed by atoms with van der Waals surface area (Å²) >= 11 is 0. The molecule has 0 radical (unpaired) electrons. The lowest BCUT2D eigenvalue weighted by molar-refractivity contribution is 0.342. The molecule has 0 atom stereocenters. The van der Waals surface area contributed by atoms with Gasteiger partial charge >= 0.3 is 0 Å². The summed E-state index contributed by atoms with van der Waals surface area (Å²) in [5, 5.41) is 6.67. The predicted molar refractivity (Wildman–Crippen MR) is 107 cm³/mol. The van der Waals surface area contributed by atoms with Gasteiger partial charge in [0.05, 0.1) is 12.3 Å². The molecule has 5 nitrogen and oxygen atoms in total. The fraction of sp³-hybridized carbons (Fsp3) is 0.238. The fourth-order valence-corrected chi connectivity index (χ4v) is 2.66. The Kier molecular flexibility index (Phi) is 5.69. The first kappa shape index (κ1) is 17.7. The van der Waals surface area contributed by atoms with Gasteiger partial charge in [0.15, 0.2) is 0 Å². The van der Waals surface area contributed by atoms with Crippen LogP contribution in [0.1, 0.15) is 25.2 Å². The minimum Gasteiger partial charge on any atom is -0.492 e. The van der Waals surface area contributed by atoms with E-state index in [1.807, 2.05) is 44.2 Å². The van der Waals surface area contributed by atoms with Gasteiger partial charge in [0.25, 0.3) is 0 Å². The van der Waals surface area contributed by atoms with E-state index in [2.05, 4.69) is 51.8 Å². The van der Waals surface area contributed by atoms with Gasteiger partial charge < -0.3 is 15.4 Å². The number of ether oxygens (including phenoxy) is 1. The van der Waals surface area contributed by atoms with Crippen molar-refractivity contribution in [3.05, 3.63) is 66.0 Å². The third-order valence-electron chi connectivity index (χ3n) is 3.92. The Morgan fingerprint density at radius 3 is 2.27 bits per heavy atom. The first-order valence-corrected chi connectivity index (χ1v) is 8.88. The van der Waals surface area contributed by atoms with Crippen LogP contribution in [0.3, 0.4) is 0 Å². The molecule has 2 N–H and O–H groups in total. The van der Waals surface area contributed by atoms with Crippen LogP contribution >= 0.6 is 0 Å². The normalized spacial score (nSPS) is 10.4. The molecule has 3 rings (SSSR count). The Balaban J connectivity index is 1.81. The first-order valence-electron chi connectivity index (χ1n) is 8.88. The number of nitrogens with one attached hydrogen (secondary N) is 2. The topological polar surface area (TPSA) is 59.1 Å². The number of benzene rings is 2. The molecule has 0 fully saturated rings. The lowest BCUT2D eigenvalue weighted by Crippen LogP contribution is -2.03. The van der Waals surface area contributed by atoms with Crippen molar-refractivity contribution in [2.24, 2.45) is 0 Å². The molecule has 0 saturated heterocycles. The van der Waals surface area contributed by atoms with Gasteiger partial charge in [0.2, 0.25) is 0 Å². The highest BCUT2D eigenvalue weighted by atomic mass is 16.5. The SMILES string of the molecule is CCOc1ccccc1Nc1cc(Nc2ccc(CC)cc2)nc(C)n1. The molecule has 26 heavy (non-hydrogen) atoms. The summed E-state index contributed by atoms with van der Waals surface area (Å²) in [6.07, 6.45) is 1.03. The second kappa shape index (κ2) is 8.34. The van der Waals surface area contributed by atoms with Crippen LogP contribution in [0, 0.1) is 6.92 Å². The van der Waals surface area contributed by atoms with E-state index < -0.39 is 0 Å². The highest BCUT2D eigenvalue weighted by Gasteiger charge is 2.07. The van der Waals surface area contributed by atoms with Gasteiger partial charge in [-0.05, 0) is 50.1 Å². The first-order chi connectivity index (χ1) is 12.7. The van der Waals surface area contributed by atoms with Crippen LogP contribution in [-0.4, -0.2) is 16.6 Å². The van der Waals surface area contributed by atoms with Gasteiger partial charge in [-0.3, -0.25) is 0 Å². The average Bonchev–Trinajstić information content (AvgIpc) is 2.64. The van der Waals surface area contributed by atoms with E-state index in [0.717, 1.165) is 35.2 Å². The van der Waals surface area contributed by atoms with Crippen molar-refractivity contribution in [1.82, 2.24) is 9.97 Å². The molecule has 0 aliphatic rings. The summed E-state index contributed by atoms with van der Waals surface area (Å²) < 4.78 is 5.67. The van der Waals surface area contributed by atoms with Gasteiger partial charge in [0.1, 0.15) is 23.2 Å². The summed E-state index contributed by atoms with van der Waals surface area (Å²) in [5.74, 6) is 2.96. The van der Waals surface area contributed by atoms with Gasteiger partial charge in [0, 0.05) is 11.8 Å². The van der Waals surface area contributed by atoms with Crippen LogP contribution in [0.2, 0.25) is 0 Å². The standard InChI is InChI=1S/C21H24N4O/c1-4-16-10-12-17(13-11-16)24-20-14-21(23-15(3)22-20)25-18-8-6-7-9-19(18)26-5-2/h6-14H,4-5H2,1-3H3,(H2,22,23,24,25). The van der Waals surface area contributed by atoms with E-state index in [0.29, 0.717) is 12.4 Å². The number of rotatable bonds is 7. The summed E-state index contributed by atoms with van der Waals surface area (Å²) in [5.41, 5.74) is 3.19. The molecular weight excluding hydrogens is 324 g/mol. The Morgan fingerprint density at radius 2 is 1.58 bits per heavy atom. The fourth-order valence-electron chi connectivity index (χ4n) is 2.66. The van der Waals surface area contributed by atoms with E-state index in [-0.39, 0.29) is 0 Å². The number of anilines is 4. The maximum Gasteiger partial charge on any atom is 0.142 e. The van der Waals surface area contributed by atoms with Crippen LogP contribution in [-0.2, 0) is 6.42 Å². The molecule has 5 heteroatoms. The van der Waals surface area contributed by atoms with Crippen LogP contribution in [0.4, 0.5) is 23.0 Å². The molecule has 0 saturated carbocycles. The highest BCUT2D eigenvalue weighted by molar-refractivity contribution is 5.67. The molecule has 0 aliphatic heterocycles. The van der Waals surface area contributed by atoms with E-state index in [4.69, 9.17) is 4.74 Å². The quantitative estimate of drug-likeness (QED) is 0.612. The smallest absolute Gasteiger partial charge is 0.142 e. The number of hydrogen-bond donors (Lipinski definition) is 2. The maximum absolute atomic E-state index is 5.67. The van der Waals surface area contributed by atoms with Crippen molar-refractivity contribution < 1.29 is 4.74 Å². The maximum atomic E-state index is 5.67. The summed E-state index contributed by atoms with van der Waals surface area (Å²) in [6.45, 7) is 6.61. The van der Waals surface area contributed by atoms with Crippen molar-refractivity contribution >= 4 is 23.0 Å². The minimum absolute atomic E-state index is 0.613. The molecule has 2 aromatic carbocycles. The van der Waals surface area contributed by atoms with E-state index in [9.17, 15) is 0 Å². The number of para-hydroxylation sites is 2. The van der Waals surface area contributed by atoms with Crippen LogP contribution < -0.4 is 15.4 Å². The van der Waals surface area contributed by atoms with Crippen molar-refractivity contribution in [3.8, 4) is 5.75 Å². The largest absolute Gasteiger partial charge is 0.492 e. The molecule has 1 aromatic heterocycles. The van der Waals surface area contributed by atoms with Gasteiger partial charge in [-0.2, -0.15) is 0 Å². The Labute approximate surface area is 154 Å².